The van der Waals surface area contributed by atoms with E-state index in [4.69, 9.17) is 11.6 Å². The molecule has 19 heavy (non-hydrogen) atoms. The Balaban J connectivity index is 2.03. The zero-order valence-electron chi connectivity index (χ0n) is 10.8. The second kappa shape index (κ2) is 3.43. The Labute approximate surface area is 117 Å². The molecular formula is C16H15ClO2. The van der Waals surface area contributed by atoms with E-state index in [2.05, 4.69) is 0 Å². The van der Waals surface area contributed by atoms with Gasteiger partial charge in [0.05, 0.1) is 5.03 Å². The van der Waals surface area contributed by atoms with Crippen LogP contribution in [-0.4, -0.2) is 10.9 Å². The predicted octanol–water partition coefficient (Wildman–Crippen LogP) is 3.58. The van der Waals surface area contributed by atoms with Crippen molar-refractivity contribution < 1.29 is 9.90 Å². The second-order valence-corrected chi connectivity index (χ2v) is 6.56. The number of fused-ring (bicyclic) bond motifs is 3. The van der Waals surface area contributed by atoms with Crippen molar-refractivity contribution in [3.05, 3.63) is 33.9 Å². The number of hydrogen-bond acceptors (Lipinski definition) is 2. The molecule has 3 aliphatic rings. The summed E-state index contributed by atoms with van der Waals surface area (Å²) < 4.78 is 0. The third-order valence-corrected chi connectivity index (χ3v) is 5.68. The molecule has 1 aromatic carbocycles. The van der Waals surface area contributed by atoms with Gasteiger partial charge in [-0.05, 0) is 60.9 Å². The molecule has 3 heteroatoms. The van der Waals surface area contributed by atoms with Gasteiger partial charge in [0.15, 0.2) is 5.78 Å². The Kier molecular flexibility index (Phi) is 2.08. The van der Waals surface area contributed by atoms with E-state index in [-0.39, 0.29) is 17.1 Å². The van der Waals surface area contributed by atoms with Gasteiger partial charge in [0.2, 0.25) is 0 Å². The number of ketones is 1. The number of rotatable bonds is 0. The maximum absolute atomic E-state index is 12.2. The van der Waals surface area contributed by atoms with Crippen LogP contribution in [0.5, 0.6) is 5.75 Å². The molecule has 0 heterocycles. The number of phenolic OH excluding ortho intramolecular Hbond substituents is 1. The van der Waals surface area contributed by atoms with Crippen molar-refractivity contribution in [3.63, 3.8) is 0 Å². The molecule has 2 nitrogen and oxygen atoms in total. The van der Waals surface area contributed by atoms with Gasteiger partial charge in [0.25, 0.3) is 0 Å². The van der Waals surface area contributed by atoms with E-state index in [1.165, 1.54) is 5.56 Å². The Morgan fingerprint density at radius 2 is 2.21 bits per heavy atom. The Morgan fingerprint density at radius 1 is 1.42 bits per heavy atom. The van der Waals surface area contributed by atoms with E-state index in [1.54, 1.807) is 6.07 Å². The number of hydrogen-bond donors (Lipinski definition) is 1. The van der Waals surface area contributed by atoms with Crippen molar-refractivity contribution in [1.82, 2.24) is 0 Å². The summed E-state index contributed by atoms with van der Waals surface area (Å²) in [6.45, 7) is 1.95. The molecule has 0 aliphatic heterocycles. The smallest absolute Gasteiger partial charge is 0.177 e. The molecule has 1 saturated carbocycles. The van der Waals surface area contributed by atoms with Crippen molar-refractivity contribution >= 4 is 23.0 Å². The molecule has 1 fully saturated rings. The third kappa shape index (κ3) is 1.26. The molecule has 0 aromatic heterocycles. The number of Topliss-reactive ketones (excluding diaryl/α,β-unsaturated/α-hetero) is 1. The fraction of sp³-hybridized carbons (Fsp3) is 0.438. The summed E-state index contributed by atoms with van der Waals surface area (Å²) in [4.78, 5) is 12.2. The van der Waals surface area contributed by atoms with Gasteiger partial charge in [-0.1, -0.05) is 17.7 Å². The first kappa shape index (κ1) is 11.5. The fourth-order valence-corrected chi connectivity index (χ4v) is 4.77. The van der Waals surface area contributed by atoms with Gasteiger partial charge in [0, 0.05) is 11.3 Å². The summed E-state index contributed by atoms with van der Waals surface area (Å²) in [6, 6.07) is 3.64. The highest BCUT2D eigenvalue weighted by molar-refractivity contribution is 6.46. The van der Waals surface area contributed by atoms with Gasteiger partial charge < -0.3 is 5.11 Å². The van der Waals surface area contributed by atoms with Crippen LogP contribution in [0.25, 0.3) is 5.57 Å². The van der Waals surface area contributed by atoms with E-state index in [9.17, 15) is 9.90 Å². The van der Waals surface area contributed by atoms with E-state index in [1.807, 2.05) is 13.0 Å². The molecule has 3 aliphatic carbocycles. The molecule has 2 atom stereocenters. The summed E-state index contributed by atoms with van der Waals surface area (Å²) in [6.07, 6.45) is 3.87. The number of phenols is 1. The topological polar surface area (TPSA) is 37.3 Å². The van der Waals surface area contributed by atoms with Gasteiger partial charge in [-0.3, -0.25) is 4.79 Å². The molecule has 2 unspecified atom stereocenters. The minimum absolute atomic E-state index is 0.0660. The standard InChI is InChI=1S/C16H15ClO2/c1-8-11-7-16-5-4-9(6-16)15(19)14(17)13(16)10(11)2-3-12(8)18/h2-3,9,18H,4-7H2,1H3. The van der Waals surface area contributed by atoms with Crippen LogP contribution in [0, 0.1) is 18.3 Å². The molecule has 0 saturated heterocycles. The molecule has 2 bridgehead atoms. The minimum atomic E-state index is 0.0660. The lowest BCUT2D eigenvalue weighted by atomic mass is 9.74. The van der Waals surface area contributed by atoms with Crippen molar-refractivity contribution in [3.8, 4) is 5.75 Å². The normalized spacial score (nSPS) is 31.7. The lowest BCUT2D eigenvalue weighted by Crippen LogP contribution is -2.25. The van der Waals surface area contributed by atoms with Crippen LogP contribution in [0.2, 0.25) is 0 Å². The fourth-order valence-electron chi connectivity index (χ4n) is 4.31. The number of benzene rings is 1. The summed E-state index contributed by atoms with van der Waals surface area (Å²) in [7, 11) is 0. The van der Waals surface area contributed by atoms with Gasteiger partial charge in [-0.25, -0.2) is 0 Å². The number of halogens is 1. The molecule has 1 N–H and O–H groups in total. The van der Waals surface area contributed by atoms with E-state index in [0.717, 1.165) is 42.4 Å². The Hall–Kier alpha value is -1.28. The van der Waals surface area contributed by atoms with Gasteiger partial charge in [-0.2, -0.15) is 0 Å². The zero-order chi connectivity index (χ0) is 13.4. The first-order valence-corrected chi connectivity index (χ1v) is 7.17. The van der Waals surface area contributed by atoms with E-state index in [0.29, 0.717) is 10.8 Å². The molecular weight excluding hydrogens is 260 g/mol. The average Bonchev–Trinajstić information content (AvgIpc) is 2.93. The van der Waals surface area contributed by atoms with E-state index >= 15 is 0 Å². The van der Waals surface area contributed by atoms with Gasteiger partial charge in [-0.15, -0.1) is 0 Å². The van der Waals surface area contributed by atoms with Crippen LogP contribution >= 0.6 is 11.6 Å². The second-order valence-electron chi connectivity index (χ2n) is 6.19. The number of carbonyl (C=O) groups is 1. The Bertz CT molecular complexity index is 659. The molecule has 1 spiro atoms. The van der Waals surface area contributed by atoms with Crippen molar-refractivity contribution in [2.24, 2.45) is 11.3 Å². The minimum Gasteiger partial charge on any atom is -0.508 e. The van der Waals surface area contributed by atoms with Gasteiger partial charge >= 0.3 is 0 Å². The Morgan fingerprint density at radius 3 is 3.00 bits per heavy atom. The molecule has 98 valence electrons. The molecule has 0 radical (unpaired) electrons. The average molecular weight is 275 g/mol. The van der Waals surface area contributed by atoms with Crippen LogP contribution < -0.4 is 0 Å². The number of allylic oxidation sites excluding steroid dienone is 2. The molecule has 0 amide bonds. The molecule has 4 rings (SSSR count). The lowest BCUT2D eigenvalue weighted by molar-refractivity contribution is -0.118. The largest absolute Gasteiger partial charge is 0.508 e. The SMILES string of the molecule is Cc1c(O)ccc2c1CC13CCC(C1)C(=O)C(Cl)=C23. The summed E-state index contributed by atoms with van der Waals surface area (Å²) in [5, 5.41) is 10.3. The summed E-state index contributed by atoms with van der Waals surface area (Å²) >= 11 is 6.38. The van der Waals surface area contributed by atoms with Crippen LogP contribution in [0.4, 0.5) is 0 Å². The predicted molar refractivity (Wildman–Crippen MR) is 74.1 cm³/mol. The highest BCUT2D eigenvalue weighted by atomic mass is 35.5. The van der Waals surface area contributed by atoms with Crippen LogP contribution in [0.3, 0.4) is 0 Å². The van der Waals surface area contributed by atoms with Crippen LogP contribution in [0.15, 0.2) is 17.2 Å². The summed E-state index contributed by atoms with van der Waals surface area (Å²) in [5.41, 5.74) is 4.34. The lowest BCUT2D eigenvalue weighted by Gasteiger charge is -2.30. The van der Waals surface area contributed by atoms with Crippen molar-refractivity contribution in [1.29, 1.82) is 0 Å². The quantitative estimate of drug-likeness (QED) is 0.785. The number of carbonyl (C=O) groups excluding carboxylic acids is 1. The first-order valence-electron chi connectivity index (χ1n) is 6.80. The van der Waals surface area contributed by atoms with Gasteiger partial charge in [0.1, 0.15) is 5.75 Å². The van der Waals surface area contributed by atoms with Crippen LogP contribution in [0.1, 0.15) is 36.0 Å². The van der Waals surface area contributed by atoms with Crippen LogP contribution in [-0.2, 0) is 11.2 Å². The number of aromatic hydroxyl groups is 1. The van der Waals surface area contributed by atoms with E-state index < -0.39 is 0 Å². The highest BCUT2D eigenvalue weighted by Gasteiger charge is 2.54. The maximum Gasteiger partial charge on any atom is 0.177 e. The highest BCUT2D eigenvalue weighted by Crippen LogP contribution is 2.63. The molecule has 1 aromatic rings. The monoisotopic (exact) mass is 274 g/mol. The van der Waals surface area contributed by atoms with Crippen molar-refractivity contribution in [2.45, 2.75) is 32.6 Å². The third-order valence-electron chi connectivity index (χ3n) is 5.30. The zero-order valence-corrected chi connectivity index (χ0v) is 11.5. The summed E-state index contributed by atoms with van der Waals surface area (Å²) in [5.74, 6) is 0.592. The first-order chi connectivity index (χ1) is 9.03. The maximum atomic E-state index is 12.2. The van der Waals surface area contributed by atoms with Crippen molar-refractivity contribution in [2.75, 3.05) is 0 Å².